The number of nitrogens with zero attached hydrogens (tertiary/aromatic N) is 6. The summed E-state index contributed by atoms with van der Waals surface area (Å²) in [6.07, 6.45) is 0. The monoisotopic (exact) mass is 664 g/mol. The highest BCUT2D eigenvalue weighted by Crippen LogP contribution is 2.39. The van der Waals surface area contributed by atoms with Crippen LogP contribution in [0.3, 0.4) is 0 Å². The zero-order chi connectivity index (χ0) is 31.7. The van der Waals surface area contributed by atoms with E-state index in [2.05, 4.69) is 93.6 Å². The molecule has 7 rings (SSSR count). The third kappa shape index (κ3) is 6.16. The van der Waals surface area contributed by atoms with Crippen LogP contribution in [0.4, 0.5) is 10.3 Å². The molecule has 0 N–H and O–H groups in total. The van der Waals surface area contributed by atoms with E-state index in [4.69, 9.17) is 30.3 Å². The van der Waals surface area contributed by atoms with Gasteiger partial charge in [-0.15, -0.1) is 0 Å². The van der Waals surface area contributed by atoms with Gasteiger partial charge in [0.25, 0.3) is 0 Å². The molecule has 1 aliphatic heterocycles. The molecular formula is C37H37ClN6S2+2. The summed E-state index contributed by atoms with van der Waals surface area (Å²) >= 11 is 9.27. The predicted octanol–water partition coefficient (Wildman–Crippen LogP) is 9.03. The molecule has 1 aliphatic rings. The van der Waals surface area contributed by atoms with Gasteiger partial charge in [0.2, 0.25) is 0 Å². The Morgan fingerprint density at radius 2 is 1.09 bits per heavy atom. The van der Waals surface area contributed by atoms with Gasteiger partial charge in [0.05, 0.1) is 0 Å². The zero-order valence-electron chi connectivity index (χ0n) is 26.4. The van der Waals surface area contributed by atoms with Crippen LogP contribution in [-0.4, -0.2) is 44.9 Å². The average Bonchev–Trinajstić information content (AvgIpc) is 3.77. The summed E-state index contributed by atoms with van der Waals surface area (Å²) in [5, 5.41) is 2.84. The van der Waals surface area contributed by atoms with Crippen LogP contribution in [0, 0.1) is 20.8 Å². The SMILES string of the molecule is Cc1cccc(-c2nsc([N+]3(Cc4ccccc4C)CC[N+](Cc4ccccc4C)(c4nc(-c5ccc(Cl)cc5)ns4)CC3)n2)c1. The van der Waals surface area contributed by atoms with Crippen molar-refractivity contribution < 1.29 is 0 Å². The number of rotatable bonds is 8. The van der Waals surface area contributed by atoms with Crippen LogP contribution in [0.1, 0.15) is 27.8 Å². The lowest BCUT2D eigenvalue weighted by molar-refractivity contribution is 0.126. The third-order valence-corrected chi connectivity index (χ3v) is 11.5. The number of hydrogen-bond acceptors (Lipinski definition) is 6. The Labute approximate surface area is 284 Å². The van der Waals surface area contributed by atoms with E-state index >= 15 is 0 Å². The molecule has 1 fully saturated rings. The van der Waals surface area contributed by atoms with Gasteiger partial charge < -0.3 is 0 Å². The number of aromatic nitrogens is 4. The van der Waals surface area contributed by atoms with Crippen molar-refractivity contribution in [3.63, 3.8) is 0 Å². The van der Waals surface area contributed by atoms with Crippen molar-refractivity contribution in [2.75, 3.05) is 26.2 Å². The van der Waals surface area contributed by atoms with Crippen LogP contribution in [0.25, 0.3) is 22.8 Å². The van der Waals surface area contributed by atoms with Crippen molar-refractivity contribution >= 4 is 44.9 Å². The number of aryl methyl sites for hydroxylation is 3. The normalized spacial score (nSPS) is 19.7. The van der Waals surface area contributed by atoms with Crippen molar-refractivity contribution in [1.29, 1.82) is 0 Å². The van der Waals surface area contributed by atoms with Gasteiger partial charge in [0, 0.05) is 50.3 Å². The second kappa shape index (κ2) is 12.8. The lowest BCUT2D eigenvalue weighted by atomic mass is 10.0. The van der Waals surface area contributed by atoms with Gasteiger partial charge in [-0.25, -0.2) is 0 Å². The maximum atomic E-state index is 6.19. The molecule has 232 valence electrons. The van der Waals surface area contributed by atoms with Crippen molar-refractivity contribution in [3.8, 4) is 22.8 Å². The van der Waals surface area contributed by atoms with Gasteiger partial charge in [0.15, 0.2) is 11.6 Å². The highest BCUT2D eigenvalue weighted by atomic mass is 35.5. The Morgan fingerprint density at radius 1 is 0.587 bits per heavy atom. The summed E-state index contributed by atoms with van der Waals surface area (Å²) < 4.78 is 11.3. The van der Waals surface area contributed by atoms with Gasteiger partial charge in [-0.05, 0) is 62.2 Å². The fraction of sp³-hybridized carbons (Fsp3) is 0.243. The fourth-order valence-electron chi connectivity index (χ4n) is 6.48. The maximum Gasteiger partial charge on any atom is 0.306 e. The summed E-state index contributed by atoms with van der Waals surface area (Å²) in [5.74, 6) is 1.58. The van der Waals surface area contributed by atoms with Crippen LogP contribution >= 0.6 is 34.7 Å². The summed E-state index contributed by atoms with van der Waals surface area (Å²) in [7, 11) is 0. The minimum absolute atomic E-state index is 0.711. The molecule has 1 saturated heterocycles. The van der Waals surface area contributed by atoms with E-state index in [9.17, 15) is 0 Å². The quantitative estimate of drug-likeness (QED) is 0.152. The Kier molecular flexibility index (Phi) is 8.57. The Hall–Kier alpha value is -3.79. The molecule has 0 bridgehead atoms. The topological polar surface area (TPSA) is 51.6 Å². The zero-order valence-corrected chi connectivity index (χ0v) is 28.7. The van der Waals surface area contributed by atoms with Gasteiger partial charge in [-0.2, -0.15) is 18.7 Å². The first-order valence-electron chi connectivity index (χ1n) is 15.7. The summed E-state index contributed by atoms with van der Waals surface area (Å²) in [6.45, 7) is 11.9. The molecule has 3 heterocycles. The average molecular weight is 665 g/mol. The minimum atomic E-state index is 0.711. The fourth-order valence-corrected chi connectivity index (χ4v) is 8.33. The van der Waals surface area contributed by atoms with E-state index in [1.54, 1.807) is 11.5 Å². The molecule has 2 aromatic heterocycles. The van der Waals surface area contributed by atoms with Crippen molar-refractivity contribution in [2.24, 2.45) is 0 Å². The van der Waals surface area contributed by atoms with Crippen molar-refractivity contribution in [1.82, 2.24) is 27.7 Å². The number of benzene rings is 4. The van der Waals surface area contributed by atoms with E-state index in [1.165, 1.54) is 39.3 Å². The van der Waals surface area contributed by atoms with Crippen LogP contribution in [0.5, 0.6) is 0 Å². The van der Waals surface area contributed by atoms with Gasteiger partial charge >= 0.3 is 10.3 Å². The molecular weight excluding hydrogens is 628 g/mol. The number of piperazine rings is 1. The van der Waals surface area contributed by atoms with Crippen LogP contribution in [0.15, 0.2) is 97.1 Å². The second-order valence-corrected chi connectivity index (χ2v) is 14.4. The first-order chi connectivity index (χ1) is 22.3. The summed E-state index contributed by atoms with van der Waals surface area (Å²) in [4.78, 5) is 10.5. The molecule has 6 aromatic rings. The molecule has 9 heteroatoms. The highest BCUT2D eigenvalue weighted by Gasteiger charge is 2.49. The molecule has 46 heavy (non-hydrogen) atoms. The predicted molar refractivity (Wildman–Crippen MR) is 193 cm³/mol. The van der Waals surface area contributed by atoms with Gasteiger partial charge in [0.1, 0.15) is 39.3 Å². The first-order valence-corrected chi connectivity index (χ1v) is 17.6. The second-order valence-electron chi connectivity index (χ2n) is 12.5. The largest absolute Gasteiger partial charge is 0.306 e. The van der Waals surface area contributed by atoms with Gasteiger partial charge in [-0.3, -0.25) is 8.97 Å². The van der Waals surface area contributed by atoms with Crippen molar-refractivity contribution in [2.45, 2.75) is 33.9 Å². The number of quaternary nitrogens is 2. The van der Waals surface area contributed by atoms with E-state index in [-0.39, 0.29) is 0 Å². The minimum Gasteiger partial charge on any atom is -0.251 e. The summed E-state index contributed by atoms with van der Waals surface area (Å²) in [6, 6.07) is 33.8. The van der Waals surface area contributed by atoms with Crippen molar-refractivity contribution in [3.05, 3.63) is 130 Å². The molecule has 6 nitrogen and oxygen atoms in total. The standard InChI is InChI=1S/C37H37ClN6S2/c1-26-9-8-14-30(23-26)35-40-37(46-42-35)44(25-32-13-7-5-11-28(32)3)21-19-43(20-22-44,24-31-12-6-4-10-27(31)2)36-39-34(41-45-36)29-15-17-33(38)18-16-29/h4-18,23H,19-22,24-25H2,1-3H3/q+2. The highest BCUT2D eigenvalue weighted by molar-refractivity contribution is 7.10. The van der Waals surface area contributed by atoms with Crippen LogP contribution in [0.2, 0.25) is 5.02 Å². The van der Waals surface area contributed by atoms with Crippen LogP contribution in [-0.2, 0) is 13.1 Å². The molecule has 0 amide bonds. The van der Waals surface area contributed by atoms with E-state index in [1.807, 2.05) is 24.3 Å². The molecule has 0 atom stereocenters. The molecule has 0 saturated carbocycles. The van der Waals surface area contributed by atoms with Crippen LogP contribution < -0.4 is 8.97 Å². The Morgan fingerprint density at radius 3 is 1.59 bits per heavy atom. The lowest BCUT2D eigenvalue weighted by Gasteiger charge is -2.46. The Balaban J connectivity index is 1.28. The summed E-state index contributed by atoms with van der Waals surface area (Å²) in [5.41, 5.74) is 8.59. The van der Waals surface area contributed by atoms with E-state index in [0.29, 0.717) is 5.02 Å². The molecule has 0 spiro atoms. The maximum absolute atomic E-state index is 6.19. The Bertz CT molecular complexity index is 1970. The molecule has 0 aliphatic carbocycles. The molecule has 0 unspecified atom stereocenters. The number of hydrogen-bond donors (Lipinski definition) is 0. The smallest absolute Gasteiger partial charge is 0.251 e. The molecule has 4 aromatic carbocycles. The lowest BCUT2D eigenvalue weighted by Crippen LogP contribution is -2.68. The van der Waals surface area contributed by atoms with E-state index < -0.39 is 0 Å². The number of halogens is 1. The molecule has 0 radical (unpaired) electrons. The van der Waals surface area contributed by atoms with Gasteiger partial charge in [-0.1, -0.05) is 83.9 Å². The van der Waals surface area contributed by atoms with E-state index in [0.717, 1.165) is 81.3 Å². The third-order valence-electron chi connectivity index (χ3n) is 9.40. The first kappa shape index (κ1) is 30.8.